The number of hydrogen-bond donors (Lipinski definition) is 0. The Labute approximate surface area is 120 Å². The third kappa shape index (κ3) is 2.04. The van der Waals surface area contributed by atoms with E-state index in [9.17, 15) is 0 Å². The smallest absolute Gasteiger partial charge is 0.231 e. The highest BCUT2D eigenvalue weighted by molar-refractivity contribution is 7.19. The fraction of sp³-hybridized carbons (Fsp3) is 0.0625. The van der Waals surface area contributed by atoms with E-state index in [-0.39, 0.29) is 0 Å². The maximum absolute atomic E-state index is 5.37. The molecule has 1 aliphatic heterocycles. The van der Waals surface area contributed by atoms with Crippen LogP contribution in [0.2, 0.25) is 0 Å². The molecule has 3 aromatic rings. The molecule has 3 nitrogen and oxygen atoms in total. The topological polar surface area (TPSA) is 31.4 Å². The van der Waals surface area contributed by atoms with Crippen molar-refractivity contribution in [3.8, 4) is 11.5 Å². The number of rotatable bonds is 2. The Morgan fingerprint density at radius 1 is 1.00 bits per heavy atom. The SMILES string of the molecule is C(=C/c1nc2ccccc2s1)/c1ccc2c(c1)OCO2. The molecule has 20 heavy (non-hydrogen) atoms. The van der Waals surface area contributed by atoms with Gasteiger partial charge in [-0.05, 0) is 35.9 Å². The van der Waals surface area contributed by atoms with E-state index in [0.717, 1.165) is 27.6 Å². The van der Waals surface area contributed by atoms with Crippen molar-refractivity contribution in [2.75, 3.05) is 6.79 Å². The predicted octanol–water partition coefficient (Wildman–Crippen LogP) is 4.20. The van der Waals surface area contributed by atoms with Gasteiger partial charge in [-0.1, -0.05) is 24.3 Å². The minimum Gasteiger partial charge on any atom is -0.454 e. The molecule has 1 aliphatic rings. The second-order valence-electron chi connectivity index (χ2n) is 4.47. The van der Waals surface area contributed by atoms with Gasteiger partial charge in [-0.25, -0.2) is 4.98 Å². The highest BCUT2D eigenvalue weighted by Crippen LogP contribution is 2.33. The lowest BCUT2D eigenvalue weighted by atomic mass is 10.2. The lowest BCUT2D eigenvalue weighted by Crippen LogP contribution is -1.92. The normalized spacial score (nSPS) is 13.4. The minimum atomic E-state index is 0.306. The molecule has 4 heteroatoms. The summed E-state index contributed by atoms with van der Waals surface area (Å²) in [5.74, 6) is 1.61. The molecule has 0 amide bonds. The van der Waals surface area contributed by atoms with E-state index in [4.69, 9.17) is 9.47 Å². The zero-order valence-corrected chi connectivity index (χ0v) is 11.4. The monoisotopic (exact) mass is 281 g/mol. The molecular formula is C16H11NO2S. The molecule has 0 fully saturated rings. The first-order valence-electron chi connectivity index (χ1n) is 6.32. The summed E-state index contributed by atoms with van der Waals surface area (Å²) >= 11 is 1.69. The van der Waals surface area contributed by atoms with Crippen LogP contribution in [0.4, 0.5) is 0 Å². The standard InChI is InChI=1S/C16H11NO2S/c1-2-4-15-12(3-1)17-16(20-15)8-6-11-5-7-13-14(9-11)19-10-18-13/h1-9H,10H2/b8-6-. The number of hydrogen-bond acceptors (Lipinski definition) is 4. The molecule has 0 aliphatic carbocycles. The summed E-state index contributed by atoms with van der Waals surface area (Å²) in [4.78, 5) is 4.58. The van der Waals surface area contributed by atoms with Crippen molar-refractivity contribution >= 4 is 33.7 Å². The summed E-state index contributed by atoms with van der Waals surface area (Å²) in [5, 5.41) is 1.00. The highest BCUT2D eigenvalue weighted by Gasteiger charge is 2.12. The Morgan fingerprint density at radius 2 is 1.90 bits per heavy atom. The van der Waals surface area contributed by atoms with Gasteiger partial charge in [0, 0.05) is 0 Å². The molecule has 0 atom stereocenters. The van der Waals surface area contributed by atoms with Gasteiger partial charge >= 0.3 is 0 Å². The summed E-state index contributed by atoms with van der Waals surface area (Å²) < 4.78 is 11.9. The van der Waals surface area contributed by atoms with E-state index < -0.39 is 0 Å². The Morgan fingerprint density at radius 3 is 2.85 bits per heavy atom. The Kier molecular flexibility index (Phi) is 2.67. The zero-order chi connectivity index (χ0) is 13.4. The Balaban J connectivity index is 1.64. The van der Waals surface area contributed by atoms with Crippen LogP contribution in [-0.4, -0.2) is 11.8 Å². The van der Waals surface area contributed by atoms with Crippen molar-refractivity contribution in [3.05, 3.63) is 53.0 Å². The third-order valence-electron chi connectivity index (χ3n) is 3.13. The quantitative estimate of drug-likeness (QED) is 0.705. The number of fused-ring (bicyclic) bond motifs is 2. The van der Waals surface area contributed by atoms with Crippen LogP contribution in [0.5, 0.6) is 11.5 Å². The van der Waals surface area contributed by atoms with Gasteiger partial charge in [-0.3, -0.25) is 0 Å². The summed E-state index contributed by atoms with van der Waals surface area (Å²) in [6, 6.07) is 14.1. The lowest BCUT2D eigenvalue weighted by Gasteiger charge is -1.96. The fourth-order valence-electron chi connectivity index (χ4n) is 2.15. The van der Waals surface area contributed by atoms with E-state index in [2.05, 4.69) is 11.1 Å². The van der Waals surface area contributed by atoms with Crippen LogP contribution >= 0.6 is 11.3 Å². The second kappa shape index (κ2) is 4.65. The van der Waals surface area contributed by atoms with Gasteiger partial charge in [-0.2, -0.15) is 0 Å². The number of aromatic nitrogens is 1. The number of thiazole rings is 1. The van der Waals surface area contributed by atoms with Crippen LogP contribution in [0.1, 0.15) is 10.6 Å². The van der Waals surface area contributed by atoms with Gasteiger partial charge in [0.15, 0.2) is 11.5 Å². The number of ether oxygens (including phenoxy) is 2. The van der Waals surface area contributed by atoms with Crippen LogP contribution in [0.3, 0.4) is 0 Å². The summed E-state index contributed by atoms with van der Waals surface area (Å²) in [6.07, 6.45) is 4.07. The van der Waals surface area contributed by atoms with Crippen LogP contribution in [0.25, 0.3) is 22.4 Å². The second-order valence-corrected chi connectivity index (χ2v) is 5.53. The molecule has 0 radical (unpaired) electrons. The third-order valence-corrected chi connectivity index (χ3v) is 4.13. The number of nitrogens with zero attached hydrogens (tertiary/aromatic N) is 1. The molecule has 0 saturated carbocycles. The van der Waals surface area contributed by atoms with Gasteiger partial charge in [0.25, 0.3) is 0 Å². The van der Waals surface area contributed by atoms with Crippen molar-refractivity contribution in [2.24, 2.45) is 0 Å². The summed E-state index contributed by atoms with van der Waals surface area (Å²) in [7, 11) is 0. The first kappa shape index (κ1) is 11.5. The fourth-order valence-corrected chi connectivity index (χ4v) is 3.02. The van der Waals surface area contributed by atoms with Crippen molar-refractivity contribution in [3.63, 3.8) is 0 Å². The molecule has 2 heterocycles. The molecule has 0 spiro atoms. The molecule has 0 unspecified atom stereocenters. The highest BCUT2D eigenvalue weighted by atomic mass is 32.1. The maximum Gasteiger partial charge on any atom is 0.231 e. The van der Waals surface area contributed by atoms with Gasteiger partial charge < -0.3 is 9.47 Å². The summed E-state index contributed by atoms with van der Waals surface area (Å²) in [6.45, 7) is 0.306. The molecular weight excluding hydrogens is 270 g/mol. The minimum absolute atomic E-state index is 0.306. The van der Waals surface area contributed by atoms with Crippen molar-refractivity contribution in [1.82, 2.24) is 4.98 Å². The van der Waals surface area contributed by atoms with E-state index >= 15 is 0 Å². The molecule has 98 valence electrons. The van der Waals surface area contributed by atoms with Crippen molar-refractivity contribution in [2.45, 2.75) is 0 Å². The average Bonchev–Trinajstić information content (AvgIpc) is 3.10. The van der Waals surface area contributed by atoms with E-state index in [0.29, 0.717) is 6.79 Å². The molecule has 0 bridgehead atoms. The molecule has 0 N–H and O–H groups in total. The largest absolute Gasteiger partial charge is 0.454 e. The van der Waals surface area contributed by atoms with Crippen molar-refractivity contribution in [1.29, 1.82) is 0 Å². The van der Waals surface area contributed by atoms with Crippen LogP contribution in [-0.2, 0) is 0 Å². The van der Waals surface area contributed by atoms with Gasteiger partial charge in [0.1, 0.15) is 5.01 Å². The average molecular weight is 281 g/mol. The van der Waals surface area contributed by atoms with Gasteiger partial charge in [0.2, 0.25) is 6.79 Å². The van der Waals surface area contributed by atoms with Crippen molar-refractivity contribution < 1.29 is 9.47 Å². The first-order chi connectivity index (χ1) is 9.88. The maximum atomic E-state index is 5.37. The molecule has 2 aromatic carbocycles. The van der Waals surface area contributed by atoms with E-state index in [1.54, 1.807) is 11.3 Å². The van der Waals surface area contributed by atoms with Crippen LogP contribution in [0.15, 0.2) is 42.5 Å². The van der Waals surface area contributed by atoms with Crippen LogP contribution in [0, 0.1) is 0 Å². The molecule has 0 saturated heterocycles. The molecule has 1 aromatic heterocycles. The first-order valence-corrected chi connectivity index (χ1v) is 7.13. The number of benzene rings is 2. The van der Waals surface area contributed by atoms with Gasteiger partial charge in [-0.15, -0.1) is 11.3 Å². The lowest BCUT2D eigenvalue weighted by molar-refractivity contribution is 0.174. The Bertz CT molecular complexity index is 774. The van der Waals surface area contributed by atoms with Crippen LogP contribution < -0.4 is 9.47 Å². The Hall–Kier alpha value is -2.33. The van der Waals surface area contributed by atoms with E-state index in [1.165, 1.54) is 4.70 Å². The predicted molar refractivity (Wildman–Crippen MR) is 81.1 cm³/mol. The number of para-hydroxylation sites is 1. The zero-order valence-electron chi connectivity index (χ0n) is 10.6. The van der Waals surface area contributed by atoms with Gasteiger partial charge in [0.05, 0.1) is 10.2 Å². The van der Waals surface area contributed by atoms with E-state index in [1.807, 2.05) is 48.6 Å². The molecule has 4 rings (SSSR count). The summed E-state index contributed by atoms with van der Waals surface area (Å²) in [5.41, 5.74) is 2.12.